The van der Waals surface area contributed by atoms with Gasteiger partial charge in [0.1, 0.15) is 5.75 Å². The fourth-order valence-corrected chi connectivity index (χ4v) is 2.97. The summed E-state index contributed by atoms with van der Waals surface area (Å²) in [5, 5.41) is 10.4. The number of phenolic OH excluding ortho intramolecular Hbond substituents is 1. The zero-order valence-electron chi connectivity index (χ0n) is 12.1. The lowest BCUT2D eigenvalue weighted by Gasteiger charge is -2.15. The van der Waals surface area contributed by atoms with Gasteiger partial charge in [0.15, 0.2) is 0 Å². The first-order valence-electron chi connectivity index (χ1n) is 6.69. The number of hydrazine groups is 1. The Morgan fingerprint density at radius 1 is 1.09 bits per heavy atom. The molecular formula is C16H12N2O4S. The molecule has 0 saturated carbocycles. The number of amides is 3. The van der Waals surface area contributed by atoms with Crippen LogP contribution in [0.2, 0.25) is 0 Å². The number of imide groups is 1. The molecule has 0 aromatic heterocycles. The Kier molecular flexibility index (Phi) is 3.79. The smallest absolute Gasteiger partial charge is 0.281 e. The summed E-state index contributed by atoms with van der Waals surface area (Å²) in [7, 11) is 0. The fraction of sp³-hybridized carbons (Fsp3) is 0.0625. The summed E-state index contributed by atoms with van der Waals surface area (Å²) in [5.74, 6) is -2.14. The van der Waals surface area contributed by atoms with Crippen LogP contribution in [-0.2, 0) is 0 Å². The molecule has 0 radical (unpaired) electrons. The lowest BCUT2D eigenvalue weighted by atomic mass is 10.1. The van der Waals surface area contributed by atoms with Gasteiger partial charge in [0.25, 0.3) is 17.7 Å². The maximum atomic E-state index is 12.5. The van der Waals surface area contributed by atoms with E-state index in [1.54, 1.807) is 36.6 Å². The Hall–Kier alpha value is -2.80. The second-order valence-electron chi connectivity index (χ2n) is 4.79. The first-order chi connectivity index (χ1) is 11.0. The van der Waals surface area contributed by atoms with Gasteiger partial charge < -0.3 is 5.11 Å². The van der Waals surface area contributed by atoms with Gasteiger partial charge in [-0.2, -0.15) is 5.01 Å². The molecule has 1 aliphatic heterocycles. The van der Waals surface area contributed by atoms with Gasteiger partial charge in [-0.25, -0.2) is 0 Å². The number of carbonyl (C=O) groups is 3. The SMILES string of the molecule is CSc1cccc2c1C(=O)N(NC(=O)c1ccccc1O)C2=O. The second-order valence-corrected chi connectivity index (χ2v) is 5.63. The number of thioether (sulfide) groups is 1. The molecule has 0 unspecified atom stereocenters. The Morgan fingerprint density at radius 2 is 1.83 bits per heavy atom. The molecule has 0 fully saturated rings. The van der Waals surface area contributed by atoms with Gasteiger partial charge in [-0.05, 0) is 30.5 Å². The molecule has 116 valence electrons. The third-order valence-electron chi connectivity index (χ3n) is 3.46. The minimum absolute atomic E-state index is 0.0193. The normalized spacial score (nSPS) is 13.2. The highest BCUT2D eigenvalue weighted by molar-refractivity contribution is 7.98. The third-order valence-corrected chi connectivity index (χ3v) is 4.24. The zero-order chi connectivity index (χ0) is 16.6. The van der Waals surface area contributed by atoms with Crippen molar-refractivity contribution in [2.45, 2.75) is 4.90 Å². The number of phenols is 1. The molecule has 2 aromatic carbocycles. The van der Waals surface area contributed by atoms with Crippen LogP contribution >= 0.6 is 11.8 Å². The monoisotopic (exact) mass is 328 g/mol. The highest BCUT2D eigenvalue weighted by Crippen LogP contribution is 2.30. The predicted octanol–water partition coefficient (Wildman–Crippen LogP) is 2.06. The van der Waals surface area contributed by atoms with Gasteiger partial charge in [0, 0.05) is 4.90 Å². The van der Waals surface area contributed by atoms with Gasteiger partial charge in [-0.3, -0.25) is 19.8 Å². The highest BCUT2D eigenvalue weighted by atomic mass is 32.2. The molecule has 1 heterocycles. The molecule has 23 heavy (non-hydrogen) atoms. The van der Waals surface area contributed by atoms with E-state index >= 15 is 0 Å². The quantitative estimate of drug-likeness (QED) is 0.665. The number of hydrogen-bond acceptors (Lipinski definition) is 5. The van der Waals surface area contributed by atoms with Crippen molar-refractivity contribution in [3.63, 3.8) is 0 Å². The van der Waals surface area contributed by atoms with Crippen molar-refractivity contribution in [1.82, 2.24) is 10.4 Å². The molecule has 0 spiro atoms. The van der Waals surface area contributed by atoms with E-state index in [-0.39, 0.29) is 22.4 Å². The molecule has 0 atom stereocenters. The molecule has 3 rings (SSSR count). The minimum atomic E-state index is -0.733. The second kappa shape index (κ2) is 5.77. The molecule has 1 aliphatic rings. The molecule has 3 amide bonds. The van der Waals surface area contributed by atoms with Gasteiger partial charge >= 0.3 is 0 Å². The van der Waals surface area contributed by atoms with Crippen molar-refractivity contribution in [2.75, 3.05) is 6.26 Å². The Balaban J connectivity index is 1.92. The van der Waals surface area contributed by atoms with Crippen LogP contribution in [-0.4, -0.2) is 34.1 Å². The van der Waals surface area contributed by atoms with Gasteiger partial charge in [-0.15, -0.1) is 11.8 Å². The third kappa shape index (κ3) is 2.44. The number of aromatic hydroxyl groups is 1. The van der Waals surface area contributed by atoms with Crippen LogP contribution in [0.1, 0.15) is 31.1 Å². The van der Waals surface area contributed by atoms with Crippen molar-refractivity contribution in [2.24, 2.45) is 0 Å². The molecule has 2 aromatic rings. The summed E-state index contributed by atoms with van der Waals surface area (Å²) < 4.78 is 0. The topological polar surface area (TPSA) is 86.7 Å². The number of nitrogens with zero attached hydrogens (tertiary/aromatic N) is 1. The maximum Gasteiger partial charge on any atom is 0.281 e. The Morgan fingerprint density at radius 3 is 2.52 bits per heavy atom. The van der Waals surface area contributed by atoms with E-state index in [1.807, 2.05) is 0 Å². The van der Waals surface area contributed by atoms with E-state index in [2.05, 4.69) is 5.43 Å². The molecule has 2 N–H and O–H groups in total. The van der Waals surface area contributed by atoms with E-state index in [0.717, 1.165) is 0 Å². The summed E-state index contributed by atoms with van der Waals surface area (Å²) in [5.41, 5.74) is 2.77. The van der Waals surface area contributed by atoms with E-state index in [1.165, 1.54) is 23.9 Å². The minimum Gasteiger partial charge on any atom is -0.507 e. The van der Waals surface area contributed by atoms with Crippen LogP contribution in [0.25, 0.3) is 0 Å². The number of fused-ring (bicyclic) bond motifs is 1. The van der Waals surface area contributed by atoms with Crippen molar-refractivity contribution >= 4 is 29.5 Å². The zero-order valence-corrected chi connectivity index (χ0v) is 12.9. The summed E-state index contributed by atoms with van der Waals surface area (Å²) in [4.78, 5) is 37.7. The number of carbonyl (C=O) groups excluding carboxylic acids is 3. The lowest BCUT2D eigenvalue weighted by Crippen LogP contribution is -2.45. The average Bonchev–Trinajstić information content (AvgIpc) is 2.80. The average molecular weight is 328 g/mol. The fourth-order valence-electron chi connectivity index (χ4n) is 2.35. The van der Waals surface area contributed by atoms with Crippen LogP contribution < -0.4 is 5.43 Å². The summed E-state index contributed by atoms with van der Waals surface area (Å²) in [6.45, 7) is 0. The largest absolute Gasteiger partial charge is 0.507 e. The number of hydrogen-bond donors (Lipinski definition) is 2. The Labute approximate surface area is 136 Å². The molecule has 6 nitrogen and oxygen atoms in total. The number of rotatable bonds is 3. The summed E-state index contributed by atoms with van der Waals surface area (Å²) in [6.07, 6.45) is 1.80. The predicted molar refractivity (Wildman–Crippen MR) is 84.3 cm³/mol. The van der Waals surface area contributed by atoms with Crippen molar-refractivity contribution < 1.29 is 19.5 Å². The van der Waals surface area contributed by atoms with Crippen molar-refractivity contribution in [3.05, 3.63) is 59.2 Å². The van der Waals surface area contributed by atoms with Crippen molar-refractivity contribution in [1.29, 1.82) is 0 Å². The summed E-state index contributed by atoms with van der Waals surface area (Å²) in [6, 6.07) is 10.9. The van der Waals surface area contributed by atoms with Crippen LogP contribution in [0.3, 0.4) is 0 Å². The van der Waals surface area contributed by atoms with Crippen molar-refractivity contribution in [3.8, 4) is 5.75 Å². The lowest BCUT2D eigenvalue weighted by molar-refractivity contribution is 0.0516. The van der Waals surface area contributed by atoms with E-state index < -0.39 is 17.7 Å². The van der Waals surface area contributed by atoms with Gasteiger partial charge in [0.2, 0.25) is 0 Å². The first kappa shape index (κ1) is 15.1. The van der Waals surface area contributed by atoms with Crippen LogP contribution in [0.5, 0.6) is 5.75 Å². The van der Waals surface area contributed by atoms with E-state index in [0.29, 0.717) is 9.90 Å². The van der Waals surface area contributed by atoms with E-state index in [9.17, 15) is 19.5 Å². The standard InChI is InChI=1S/C16H12N2O4S/c1-23-12-8-4-6-10-13(12)16(22)18(15(10)21)17-14(20)9-5-2-3-7-11(9)19/h2-8,19H,1H3,(H,17,20). The molecular weight excluding hydrogens is 316 g/mol. The highest BCUT2D eigenvalue weighted by Gasteiger charge is 2.38. The van der Waals surface area contributed by atoms with Crippen LogP contribution in [0, 0.1) is 0 Å². The van der Waals surface area contributed by atoms with Crippen LogP contribution in [0.15, 0.2) is 47.4 Å². The maximum absolute atomic E-state index is 12.5. The molecule has 0 aliphatic carbocycles. The Bertz CT molecular complexity index is 835. The number of para-hydroxylation sites is 1. The van der Waals surface area contributed by atoms with Gasteiger partial charge in [-0.1, -0.05) is 18.2 Å². The van der Waals surface area contributed by atoms with Gasteiger partial charge in [0.05, 0.1) is 16.7 Å². The molecule has 0 saturated heterocycles. The van der Waals surface area contributed by atoms with E-state index in [4.69, 9.17) is 0 Å². The molecule has 7 heteroatoms. The molecule has 0 bridgehead atoms. The summed E-state index contributed by atoms with van der Waals surface area (Å²) >= 11 is 1.35. The van der Waals surface area contributed by atoms with Crippen LogP contribution in [0.4, 0.5) is 0 Å². The number of nitrogens with one attached hydrogen (secondary N) is 1. The first-order valence-corrected chi connectivity index (χ1v) is 7.92. The number of benzene rings is 2.